The number of nitrogens with zero attached hydrogens (tertiary/aromatic N) is 1. The number of carbonyl (C=O) groups is 1. The molecule has 1 N–H and O–H groups in total. The molecule has 5 nitrogen and oxygen atoms in total. The molecule has 0 saturated heterocycles. The standard InChI is InChI=1S/C19H22N2O3S/c1-4-13-20-25(23,24)18-11-9-17(10-12-18)19(22)21(3)14-16-7-5-15(2)6-8-16/h4-12,20H,1,13-14H2,2-3H3. The molecule has 0 aliphatic rings. The Hall–Kier alpha value is -2.44. The lowest BCUT2D eigenvalue weighted by atomic mass is 10.1. The fourth-order valence-corrected chi connectivity index (χ4v) is 3.29. The minimum atomic E-state index is -3.58. The predicted octanol–water partition coefficient (Wildman–Crippen LogP) is 2.73. The molecule has 0 heterocycles. The van der Waals surface area contributed by atoms with Gasteiger partial charge in [-0.2, -0.15) is 0 Å². The summed E-state index contributed by atoms with van der Waals surface area (Å²) in [5.41, 5.74) is 2.64. The van der Waals surface area contributed by atoms with Gasteiger partial charge in [-0.25, -0.2) is 13.1 Å². The Morgan fingerprint density at radius 2 is 1.72 bits per heavy atom. The van der Waals surface area contributed by atoms with E-state index in [0.29, 0.717) is 12.1 Å². The maximum atomic E-state index is 12.5. The second-order valence-corrected chi connectivity index (χ2v) is 7.58. The highest BCUT2D eigenvalue weighted by Gasteiger charge is 2.16. The minimum Gasteiger partial charge on any atom is -0.337 e. The average Bonchev–Trinajstić information content (AvgIpc) is 2.61. The first kappa shape index (κ1) is 18.9. The molecule has 0 spiro atoms. The Morgan fingerprint density at radius 3 is 2.28 bits per heavy atom. The highest BCUT2D eigenvalue weighted by atomic mass is 32.2. The zero-order valence-electron chi connectivity index (χ0n) is 14.4. The lowest BCUT2D eigenvalue weighted by Gasteiger charge is -2.17. The summed E-state index contributed by atoms with van der Waals surface area (Å²) in [5, 5.41) is 0. The molecule has 6 heteroatoms. The number of hydrogen-bond acceptors (Lipinski definition) is 3. The van der Waals surface area contributed by atoms with Crippen LogP contribution in [0.5, 0.6) is 0 Å². The van der Waals surface area contributed by atoms with E-state index in [4.69, 9.17) is 0 Å². The number of amides is 1. The summed E-state index contributed by atoms with van der Waals surface area (Å²) in [6.07, 6.45) is 1.47. The van der Waals surface area contributed by atoms with Crippen molar-refractivity contribution in [3.63, 3.8) is 0 Å². The van der Waals surface area contributed by atoms with Gasteiger partial charge in [0, 0.05) is 25.7 Å². The summed E-state index contributed by atoms with van der Waals surface area (Å²) in [6, 6.07) is 13.9. The number of sulfonamides is 1. The van der Waals surface area contributed by atoms with Crippen LogP contribution >= 0.6 is 0 Å². The molecule has 0 aromatic heterocycles. The molecule has 0 aliphatic carbocycles. The molecule has 0 fully saturated rings. The van der Waals surface area contributed by atoms with Crippen molar-refractivity contribution < 1.29 is 13.2 Å². The van der Waals surface area contributed by atoms with E-state index in [1.807, 2.05) is 31.2 Å². The number of carbonyl (C=O) groups excluding carboxylic acids is 1. The van der Waals surface area contributed by atoms with Crippen molar-refractivity contribution in [1.82, 2.24) is 9.62 Å². The summed E-state index contributed by atoms with van der Waals surface area (Å²) >= 11 is 0. The van der Waals surface area contributed by atoms with E-state index >= 15 is 0 Å². The Kier molecular flexibility index (Phi) is 6.12. The van der Waals surface area contributed by atoms with Gasteiger partial charge in [0.2, 0.25) is 10.0 Å². The smallest absolute Gasteiger partial charge is 0.253 e. The van der Waals surface area contributed by atoms with Gasteiger partial charge in [0.25, 0.3) is 5.91 Å². The van der Waals surface area contributed by atoms with Crippen LogP contribution in [0.25, 0.3) is 0 Å². The van der Waals surface area contributed by atoms with Crippen LogP contribution in [0, 0.1) is 6.92 Å². The Morgan fingerprint density at radius 1 is 1.12 bits per heavy atom. The normalized spacial score (nSPS) is 11.1. The number of nitrogens with one attached hydrogen (secondary N) is 1. The third-order valence-corrected chi connectivity index (χ3v) is 5.16. The zero-order valence-corrected chi connectivity index (χ0v) is 15.2. The SMILES string of the molecule is C=CCNS(=O)(=O)c1ccc(C(=O)N(C)Cc2ccc(C)cc2)cc1. The molecule has 1 amide bonds. The Labute approximate surface area is 149 Å². The molecule has 0 aliphatic heterocycles. The van der Waals surface area contributed by atoms with Gasteiger partial charge >= 0.3 is 0 Å². The lowest BCUT2D eigenvalue weighted by Crippen LogP contribution is -2.26. The third-order valence-electron chi connectivity index (χ3n) is 3.72. The first-order chi connectivity index (χ1) is 11.8. The molecular formula is C19H22N2O3S. The van der Waals surface area contributed by atoms with Gasteiger partial charge in [-0.1, -0.05) is 35.9 Å². The van der Waals surface area contributed by atoms with Gasteiger partial charge < -0.3 is 4.90 Å². The molecule has 132 valence electrons. The Bertz CT molecular complexity index is 841. The zero-order chi connectivity index (χ0) is 18.4. The van der Waals surface area contributed by atoms with Crippen LogP contribution in [0.1, 0.15) is 21.5 Å². The van der Waals surface area contributed by atoms with E-state index in [1.54, 1.807) is 11.9 Å². The van der Waals surface area contributed by atoms with Crippen molar-refractivity contribution in [2.75, 3.05) is 13.6 Å². The molecule has 0 saturated carbocycles. The van der Waals surface area contributed by atoms with Crippen molar-refractivity contribution >= 4 is 15.9 Å². The summed E-state index contributed by atoms with van der Waals surface area (Å²) in [7, 11) is -1.86. The topological polar surface area (TPSA) is 66.5 Å². The molecule has 0 bridgehead atoms. The average molecular weight is 358 g/mol. The maximum Gasteiger partial charge on any atom is 0.253 e. The third kappa shape index (κ3) is 5.01. The second kappa shape index (κ2) is 8.09. The maximum absolute atomic E-state index is 12.5. The number of hydrogen-bond donors (Lipinski definition) is 1. The van der Waals surface area contributed by atoms with Gasteiger partial charge in [0.15, 0.2) is 0 Å². The lowest BCUT2D eigenvalue weighted by molar-refractivity contribution is 0.0785. The highest BCUT2D eigenvalue weighted by Crippen LogP contribution is 2.13. The van der Waals surface area contributed by atoms with E-state index in [1.165, 1.54) is 35.9 Å². The fraction of sp³-hybridized carbons (Fsp3) is 0.211. The van der Waals surface area contributed by atoms with Gasteiger partial charge in [-0.15, -0.1) is 6.58 Å². The fourth-order valence-electron chi connectivity index (χ4n) is 2.29. The van der Waals surface area contributed by atoms with E-state index < -0.39 is 10.0 Å². The second-order valence-electron chi connectivity index (χ2n) is 5.81. The number of rotatable bonds is 7. The van der Waals surface area contributed by atoms with Gasteiger partial charge in [0.05, 0.1) is 4.90 Å². The van der Waals surface area contributed by atoms with Crippen molar-refractivity contribution in [3.8, 4) is 0 Å². The predicted molar refractivity (Wildman–Crippen MR) is 98.8 cm³/mol. The summed E-state index contributed by atoms with van der Waals surface area (Å²) in [4.78, 5) is 14.2. The first-order valence-electron chi connectivity index (χ1n) is 7.85. The van der Waals surface area contributed by atoms with E-state index in [-0.39, 0.29) is 17.3 Å². The minimum absolute atomic E-state index is 0.118. The van der Waals surface area contributed by atoms with Crippen LogP contribution in [-0.4, -0.2) is 32.8 Å². The van der Waals surface area contributed by atoms with E-state index in [9.17, 15) is 13.2 Å². The van der Waals surface area contributed by atoms with E-state index in [2.05, 4.69) is 11.3 Å². The van der Waals surface area contributed by atoms with Crippen LogP contribution in [0.3, 0.4) is 0 Å². The highest BCUT2D eigenvalue weighted by molar-refractivity contribution is 7.89. The molecule has 2 aromatic rings. The Balaban J connectivity index is 2.09. The molecule has 0 radical (unpaired) electrons. The monoisotopic (exact) mass is 358 g/mol. The van der Waals surface area contributed by atoms with Gasteiger partial charge in [-0.05, 0) is 36.8 Å². The summed E-state index contributed by atoms with van der Waals surface area (Å²) in [6.45, 7) is 6.13. The molecule has 0 unspecified atom stereocenters. The van der Waals surface area contributed by atoms with Crippen molar-refractivity contribution in [2.45, 2.75) is 18.4 Å². The molecule has 25 heavy (non-hydrogen) atoms. The largest absolute Gasteiger partial charge is 0.337 e. The number of benzene rings is 2. The van der Waals surface area contributed by atoms with Crippen LogP contribution in [0.15, 0.2) is 66.1 Å². The molecule has 2 rings (SSSR count). The van der Waals surface area contributed by atoms with E-state index in [0.717, 1.165) is 5.56 Å². The first-order valence-corrected chi connectivity index (χ1v) is 9.33. The van der Waals surface area contributed by atoms with Crippen LogP contribution < -0.4 is 4.72 Å². The molecule has 0 atom stereocenters. The number of aryl methyl sites for hydroxylation is 1. The van der Waals surface area contributed by atoms with Crippen molar-refractivity contribution in [2.24, 2.45) is 0 Å². The molecule has 2 aromatic carbocycles. The molecular weight excluding hydrogens is 336 g/mol. The van der Waals surface area contributed by atoms with Crippen LogP contribution in [0.2, 0.25) is 0 Å². The van der Waals surface area contributed by atoms with Crippen molar-refractivity contribution in [3.05, 3.63) is 77.9 Å². The van der Waals surface area contributed by atoms with Crippen LogP contribution in [0.4, 0.5) is 0 Å². The van der Waals surface area contributed by atoms with Gasteiger partial charge in [-0.3, -0.25) is 4.79 Å². The summed E-state index contributed by atoms with van der Waals surface area (Å²) < 4.78 is 26.4. The summed E-state index contributed by atoms with van der Waals surface area (Å²) in [5.74, 6) is -0.163. The van der Waals surface area contributed by atoms with Gasteiger partial charge in [0.1, 0.15) is 0 Å². The van der Waals surface area contributed by atoms with Crippen molar-refractivity contribution in [1.29, 1.82) is 0 Å². The quantitative estimate of drug-likeness (QED) is 0.774. The van der Waals surface area contributed by atoms with Crippen LogP contribution in [-0.2, 0) is 16.6 Å².